The summed E-state index contributed by atoms with van der Waals surface area (Å²) in [7, 11) is 1.36. The number of para-hydroxylation sites is 1. The van der Waals surface area contributed by atoms with Gasteiger partial charge in [-0.1, -0.05) is 57.0 Å². The molecule has 130 valence electrons. The number of fused-ring (bicyclic) bond motifs is 1. The molecule has 0 saturated carbocycles. The fraction of sp³-hybridized carbons (Fsp3) is 0.217. The highest BCUT2D eigenvalue weighted by atomic mass is 16.5. The molecule has 0 bridgehead atoms. The first kappa shape index (κ1) is 17.7. The summed E-state index contributed by atoms with van der Waals surface area (Å²) in [6.45, 7) is 6.53. The molecule has 1 heterocycles. The van der Waals surface area contributed by atoms with Crippen LogP contribution in [0.3, 0.4) is 0 Å². The largest absolute Gasteiger partial charge is 0.465 e. The van der Waals surface area contributed by atoms with Gasteiger partial charge in [0.2, 0.25) is 0 Å². The van der Waals surface area contributed by atoms with Gasteiger partial charge in [0.1, 0.15) is 5.69 Å². The van der Waals surface area contributed by atoms with E-state index in [-0.39, 0.29) is 5.41 Å². The number of carbonyl (C=O) groups is 1. The fourth-order valence-electron chi connectivity index (χ4n) is 2.66. The van der Waals surface area contributed by atoms with E-state index < -0.39 is 5.97 Å². The Morgan fingerprint density at radius 2 is 1.69 bits per heavy atom. The van der Waals surface area contributed by atoms with E-state index in [9.17, 15) is 4.79 Å². The summed E-state index contributed by atoms with van der Waals surface area (Å²) in [6.07, 6.45) is 0. The molecule has 0 radical (unpaired) electrons. The number of nitrogens with zero attached hydrogens (tertiary/aromatic N) is 1. The van der Waals surface area contributed by atoms with Crippen LogP contribution in [0.2, 0.25) is 0 Å². The van der Waals surface area contributed by atoms with Crippen molar-refractivity contribution >= 4 is 16.9 Å². The number of benzene rings is 2. The number of esters is 1. The Morgan fingerprint density at radius 1 is 1.00 bits per heavy atom. The quantitative estimate of drug-likeness (QED) is 0.474. The lowest BCUT2D eigenvalue weighted by atomic mass is 9.87. The van der Waals surface area contributed by atoms with Gasteiger partial charge in [-0.2, -0.15) is 0 Å². The molecule has 0 aliphatic heterocycles. The summed E-state index contributed by atoms with van der Waals surface area (Å²) in [5.41, 5.74) is 3.84. The lowest BCUT2D eigenvalue weighted by Gasteiger charge is -2.18. The molecular weight excluding hydrogens is 322 g/mol. The van der Waals surface area contributed by atoms with Crippen LogP contribution >= 0.6 is 0 Å². The van der Waals surface area contributed by atoms with Crippen LogP contribution in [-0.2, 0) is 10.2 Å². The number of pyridine rings is 1. The van der Waals surface area contributed by atoms with E-state index in [0.29, 0.717) is 11.3 Å². The average molecular weight is 343 g/mol. The molecule has 0 amide bonds. The van der Waals surface area contributed by atoms with Gasteiger partial charge >= 0.3 is 5.97 Å². The van der Waals surface area contributed by atoms with Gasteiger partial charge in [0.05, 0.1) is 18.2 Å². The van der Waals surface area contributed by atoms with Gasteiger partial charge in [0, 0.05) is 10.9 Å². The molecule has 3 nitrogen and oxygen atoms in total. The van der Waals surface area contributed by atoms with Crippen LogP contribution in [0.25, 0.3) is 10.9 Å². The van der Waals surface area contributed by atoms with Crippen molar-refractivity contribution in [1.29, 1.82) is 0 Å². The van der Waals surface area contributed by atoms with Gasteiger partial charge in [0.15, 0.2) is 0 Å². The van der Waals surface area contributed by atoms with E-state index in [0.717, 1.165) is 16.5 Å². The van der Waals surface area contributed by atoms with E-state index >= 15 is 0 Å². The van der Waals surface area contributed by atoms with Gasteiger partial charge in [-0.05, 0) is 41.2 Å². The van der Waals surface area contributed by atoms with E-state index in [2.05, 4.69) is 49.7 Å². The maximum atomic E-state index is 12.1. The Hall–Kier alpha value is -3.12. The number of hydrogen-bond donors (Lipinski definition) is 0. The fourth-order valence-corrected chi connectivity index (χ4v) is 2.66. The molecule has 0 unspecified atom stereocenters. The zero-order valence-corrected chi connectivity index (χ0v) is 15.5. The highest BCUT2D eigenvalue weighted by molar-refractivity contribution is 5.96. The monoisotopic (exact) mass is 343 g/mol. The van der Waals surface area contributed by atoms with Crippen molar-refractivity contribution in [3.63, 3.8) is 0 Å². The third kappa shape index (κ3) is 3.75. The van der Waals surface area contributed by atoms with Crippen LogP contribution in [-0.4, -0.2) is 18.1 Å². The zero-order chi connectivity index (χ0) is 18.7. The standard InChI is InChI=1S/C23H21NO2/c1-23(2,3)18-12-9-16(10-13-18)11-14-21-19(22(25)26-4)15-17-7-5-6-8-20(17)24-21/h5-10,12-13,15H,1-4H3. The van der Waals surface area contributed by atoms with Crippen molar-refractivity contribution in [3.05, 3.63) is 77.0 Å². The molecule has 1 aromatic heterocycles. The molecule has 0 aliphatic rings. The minimum Gasteiger partial charge on any atom is -0.465 e. The van der Waals surface area contributed by atoms with Gasteiger partial charge in [-0.3, -0.25) is 0 Å². The predicted octanol–water partition coefficient (Wildman–Crippen LogP) is 4.72. The van der Waals surface area contributed by atoms with Crippen molar-refractivity contribution in [1.82, 2.24) is 4.98 Å². The molecule has 0 saturated heterocycles. The second-order valence-electron chi connectivity index (χ2n) is 7.15. The van der Waals surface area contributed by atoms with E-state index in [1.54, 1.807) is 6.07 Å². The Labute approximate surface area is 154 Å². The molecule has 2 aromatic carbocycles. The third-order valence-electron chi connectivity index (χ3n) is 4.21. The summed E-state index contributed by atoms with van der Waals surface area (Å²) in [4.78, 5) is 16.7. The second kappa shape index (κ2) is 7.01. The maximum absolute atomic E-state index is 12.1. The number of ether oxygens (including phenoxy) is 1. The summed E-state index contributed by atoms with van der Waals surface area (Å²) in [5.74, 6) is 5.70. The minimum atomic E-state index is -0.435. The van der Waals surface area contributed by atoms with Crippen LogP contribution in [0.15, 0.2) is 54.6 Å². The van der Waals surface area contributed by atoms with Crippen molar-refractivity contribution in [2.24, 2.45) is 0 Å². The van der Waals surface area contributed by atoms with Crippen LogP contribution in [0.1, 0.15) is 48.0 Å². The summed E-state index contributed by atoms with van der Waals surface area (Å²) in [5, 5.41) is 0.882. The normalized spacial score (nSPS) is 10.9. The van der Waals surface area contributed by atoms with Crippen molar-refractivity contribution in [2.45, 2.75) is 26.2 Å². The highest BCUT2D eigenvalue weighted by Crippen LogP contribution is 2.22. The number of rotatable bonds is 1. The average Bonchev–Trinajstić information content (AvgIpc) is 2.64. The first-order chi connectivity index (χ1) is 12.4. The van der Waals surface area contributed by atoms with E-state index in [1.165, 1.54) is 12.7 Å². The first-order valence-corrected chi connectivity index (χ1v) is 8.49. The Kier molecular flexibility index (Phi) is 4.77. The highest BCUT2D eigenvalue weighted by Gasteiger charge is 2.14. The van der Waals surface area contributed by atoms with Gasteiger partial charge in [-0.15, -0.1) is 0 Å². The topological polar surface area (TPSA) is 39.2 Å². The van der Waals surface area contributed by atoms with Gasteiger partial charge in [-0.25, -0.2) is 9.78 Å². The third-order valence-corrected chi connectivity index (χ3v) is 4.21. The molecule has 3 aromatic rings. The molecule has 0 fully saturated rings. The van der Waals surface area contributed by atoms with Crippen molar-refractivity contribution in [3.8, 4) is 11.8 Å². The van der Waals surface area contributed by atoms with E-state index in [1.807, 2.05) is 36.4 Å². The van der Waals surface area contributed by atoms with Crippen LogP contribution in [0, 0.1) is 11.8 Å². The summed E-state index contributed by atoms with van der Waals surface area (Å²) >= 11 is 0. The smallest absolute Gasteiger partial charge is 0.340 e. The minimum absolute atomic E-state index is 0.101. The molecular formula is C23H21NO2. The lowest BCUT2D eigenvalue weighted by molar-refractivity contribution is 0.0600. The first-order valence-electron chi connectivity index (χ1n) is 8.49. The molecule has 0 spiro atoms. The van der Waals surface area contributed by atoms with Gasteiger partial charge < -0.3 is 4.74 Å². The van der Waals surface area contributed by atoms with E-state index in [4.69, 9.17) is 4.74 Å². The zero-order valence-electron chi connectivity index (χ0n) is 15.5. The Morgan fingerprint density at radius 3 is 2.35 bits per heavy atom. The number of methoxy groups -OCH3 is 1. The van der Waals surface area contributed by atoms with Gasteiger partial charge in [0.25, 0.3) is 0 Å². The van der Waals surface area contributed by atoms with Crippen LogP contribution in [0.5, 0.6) is 0 Å². The molecule has 0 atom stereocenters. The molecule has 3 rings (SSSR count). The van der Waals surface area contributed by atoms with Crippen molar-refractivity contribution in [2.75, 3.05) is 7.11 Å². The SMILES string of the molecule is COC(=O)c1cc2ccccc2nc1C#Cc1ccc(C(C)(C)C)cc1. The summed E-state index contributed by atoms with van der Waals surface area (Å²) in [6, 6.07) is 17.6. The Balaban J connectivity index is 2.03. The van der Waals surface area contributed by atoms with Crippen LogP contribution < -0.4 is 0 Å². The van der Waals surface area contributed by atoms with Crippen LogP contribution in [0.4, 0.5) is 0 Å². The molecule has 0 N–H and O–H groups in total. The number of hydrogen-bond acceptors (Lipinski definition) is 3. The number of aromatic nitrogens is 1. The predicted molar refractivity (Wildman–Crippen MR) is 104 cm³/mol. The van der Waals surface area contributed by atoms with Crippen molar-refractivity contribution < 1.29 is 9.53 Å². The Bertz CT molecular complexity index is 1020. The number of carbonyl (C=O) groups excluding carboxylic acids is 1. The summed E-state index contributed by atoms with van der Waals surface area (Å²) < 4.78 is 4.88. The second-order valence-corrected chi connectivity index (χ2v) is 7.15. The lowest BCUT2D eigenvalue weighted by Crippen LogP contribution is -2.10. The molecule has 0 aliphatic carbocycles. The molecule has 26 heavy (non-hydrogen) atoms. The molecule has 3 heteroatoms. The maximum Gasteiger partial charge on any atom is 0.340 e.